The smallest absolute Gasteiger partial charge is 0.232 e. The zero-order chi connectivity index (χ0) is 20.0. The summed E-state index contributed by atoms with van der Waals surface area (Å²) in [5.74, 6) is -0.283. The molecule has 0 bridgehead atoms. The molecular weight excluding hydrogens is 364 g/mol. The summed E-state index contributed by atoms with van der Waals surface area (Å²) < 4.78 is 25.3. The van der Waals surface area contributed by atoms with Crippen LogP contribution in [0.4, 0.5) is 17.1 Å². The maximum atomic E-state index is 12.2. The van der Waals surface area contributed by atoms with Gasteiger partial charge in [0.05, 0.1) is 23.6 Å². The van der Waals surface area contributed by atoms with Gasteiger partial charge in [-0.1, -0.05) is 0 Å². The van der Waals surface area contributed by atoms with Crippen LogP contribution in [0.25, 0.3) is 0 Å². The Morgan fingerprint density at radius 3 is 2.07 bits per heavy atom. The average Bonchev–Trinajstić information content (AvgIpc) is 2.61. The molecule has 0 aromatic heterocycles. The van der Waals surface area contributed by atoms with Gasteiger partial charge in [-0.2, -0.15) is 5.26 Å². The average molecular weight is 386 g/mol. The highest BCUT2D eigenvalue weighted by atomic mass is 32.2. The number of carbonyl (C=O) groups is 1. The Labute approximate surface area is 159 Å². The van der Waals surface area contributed by atoms with Crippen LogP contribution in [0.3, 0.4) is 0 Å². The highest BCUT2D eigenvalue weighted by Crippen LogP contribution is 2.19. The van der Waals surface area contributed by atoms with Crippen LogP contribution in [0.1, 0.15) is 12.0 Å². The van der Waals surface area contributed by atoms with Crippen molar-refractivity contribution in [2.24, 2.45) is 0 Å². The highest BCUT2D eigenvalue weighted by molar-refractivity contribution is 7.92. The first-order valence-corrected chi connectivity index (χ1v) is 10.1. The zero-order valence-electron chi connectivity index (χ0n) is 15.5. The van der Waals surface area contributed by atoms with E-state index in [1.165, 1.54) is 0 Å². The zero-order valence-corrected chi connectivity index (χ0v) is 16.3. The number of nitriles is 1. The summed E-state index contributed by atoms with van der Waals surface area (Å²) in [5.41, 5.74) is 2.51. The number of sulfonamides is 1. The molecule has 0 heterocycles. The van der Waals surface area contributed by atoms with Crippen molar-refractivity contribution >= 4 is 33.0 Å². The largest absolute Gasteiger partial charge is 0.378 e. The molecule has 0 saturated carbocycles. The molecule has 0 saturated heterocycles. The number of rotatable bonds is 7. The van der Waals surface area contributed by atoms with Gasteiger partial charge in [0.2, 0.25) is 15.9 Å². The molecule has 2 rings (SSSR count). The first kappa shape index (κ1) is 20.3. The minimum absolute atomic E-state index is 0.00248. The second kappa shape index (κ2) is 8.56. The summed E-state index contributed by atoms with van der Waals surface area (Å²) in [6.07, 6.45) is 1.09. The predicted octanol–water partition coefficient (Wildman–Crippen LogP) is 2.42. The summed E-state index contributed by atoms with van der Waals surface area (Å²) in [4.78, 5) is 14.2. The van der Waals surface area contributed by atoms with Crippen LogP contribution in [-0.2, 0) is 14.8 Å². The highest BCUT2D eigenvalue weighted by Gasteiger charge is 2.18. The van der Waals surface area contributed by atoms with Crippen molar-refractivity contribution < 1.29 is 13.2 Å². The molecule has 0 atom stereocenters. The lowest BCUT2D eigenvalue weighted by Crippen LogP contribution is -2.33. The molecule has 8 heteroatoms. The summed E-state index contributed by atoms with van der Waals surface area (Å²) in [7, 11) is 0.298. The number of benzene rings is 2. The van der Waals surface area contributed by atoms with Crippen molar-refractivity contribution in [3.8, 4) is 6.07 Å². The lowest BCUT2D eigenvalue weighted by molar-refractivity contribution is -0.116. The van der Waals surface area contributed by atoms with E-state index in [-0.39, 0.29) is 18.9 Å². The SMILES string of the molecule is CN(C)c1ccc(NC(=O)CCN(c2ccc(C#N)cc2)S(C)(=O)=O)cc1. The number of nitrogens with zero attached hydrogens (tertiary/aromatic N) is 3. The summed E-state index contributed by atoms with van der Waals surface area (Å²) >= 11 is 0. The third-order valence-corrected chi connectivity index (χ3v) is 5.09. The summed E-state index contributed by atoms with van der Waals surface area (Å²) in [6.45, 7) is 0.00630. The monoisotopic (exact) mass is 386 g/mol. The standard InChI is InChI=1S/C19H22N4O3S/c1-22(2)17-10-6-16(7-11-17)21-19(24)12-13-23(27(3,25)26)18-8-4-15(14-20)5-9-18/h4-11H,12-13H2,1-3H3,(H,21,24). The first-order chi connectivity index (χ1) is 12.7. The topological polar surface area (TPSA) is 93.5 Å². The maximum Gasteiger partial charge on any atom is 0.232 e. The van der Waals surface area contributed by atoms with E-state index in [2.05, 4.69) is 5.32 Å². The third kappa shape index (κ3) is 5.72. The van der Waals surface area contributed by atoms with Gasteiger partial charge in [0.1, 0.15) is 0 Å². The van der Waals surface area contributed by atoms with Gasteiger partial charge in [-0.25, -0.2) is 8.42 Å². The van der Waals surface area contributed by atoms with E-state index >= 15 is 0 Å². The Kier molecular flexibility index (Phi) is 6.42. The molecule has 2 aromatic rings. The number of anilines is 3. The molecule has 2 aromatic carbocycles. The summed E-state index contributed by atoms with van der Waals surface area (Å²) in [6, 6.07) is 15.5. The van der Waals surface area contributed by atoms with Gasteiger partial charge in [0.15, 0.2) is 0 Å². The summed E-state index contributed by atoms with van der Waals surface area (Å²) in [5, 5.41) is 11.6. The minimum atomic E-state index is -3.56. The first-order valence-electron chi connectivity index (χ1n) is 8.26. The van der Waals surface area contributed by atoms with E-state index in [4.69, 9.17) is 5.26 Å². The molecule has 0 fully saturated rings. The van der Waals surface area contributed by atoms with E-state index in [0.717, 1.165) is 16.2 Å². The molecule has 1 amide bonds. The van der Waals surface area contributed by atoms with Gasteiger partial charge >= 0.3 is 0 Å². The molecule has 27 heavy (non-hydrogen) atoms. The van der Waals surface area contributed by atoms with Crippen molar-refractivity contribution in [3.05, 3.63) is 54.1 Å². The van der Waals surface area contributed by atoms with Gasteiger partial charge in [0.25, 0.3) is 0 Å². The van der Waals surface area contributed by atoms with Crippen molar-refractivity contribution in [1.29, 1.82) is 5.26 Å². The van der Waals surface area contributed by atoms with Crippen LogP contribution in [-0.4, -0.2) is 41.2 Å². The molecule has 142 valence electrons. The Morgan fingerprint density at radius 1 is 1.04 bits per heavy atom. The van der Waals surface area contributed by atoms with Crippen molar-refractivity contribution in [2.45, 2.75) is 6.42 Å². The molecule has 1 N–H and O–H groups in total. The second-order valence-corrected chi connectivity index (χ2v) is 8.14. The molecule has 0 aliphatic heterocycles. The van der Waals surface area contributed by atoms with Gasteiger partial charge in [-0.3, -0.25) is 9.10 Å². The van der Waals surface area contributed by atoms with E-state index in [9.17, 15) is 13.2 Å². The Hall–Kier alpha value is -3.05. The Morgan fingerprint density at radius 2 is 1.59 bits per heavy atom. The van der Waals surface area contributed by atoms with E-state index in [0.29, 0.717) is 16.9 Å². The molecule has 0 spiro atoms. The number of amides is 1. The number of hydrogen-bond donors (Lipinski definition) is 1. The molecule has 7 nitrogen and oxygen atoms in total. The molecule has 0 aliphatic rings. The quantitative estimate of drug-likeness (QED) is 0.789. The lowest BCUT2D eigenvalue weighted by atomic mass is 10.2. The van der Waals surface area contributed by atoms with Crippen LogP contribution in [0.2, 0.25) is 0 Å². The Bertz CT molecular complexity index is 930. The van der Waals surface area contributed by atoms with Gasteiger partial charge in [0, 0.05) is 38.4 Å². The number of hydrogen-bond acceptors (Lipinski definition) is 5. The van der Waals surface area contributed by atoms with Gasteiger partial charge in [-0.05, 0) is 48.5 Å². The molecule has 0 aliphatic carbocycles. The number of carbonyl (C=O) groups excluding carboxylic acids is 1. The van der Waals surface area contributed by atoms with Crippen LogP contribution in [0.5, 0.6) is 0 Å². The fourth-order valence-electron chi connectivity index (χ4n) is 2.46. The fraction of sp³-hybridized carbons (Fsp3) is 0.263. The van der Waals surface area contributed by atoms with Crippen molar-refractivity contribution in [2.75, 3.05) is 41.4 Å². The second-order valence-electron chi connectivity index (χ2n) is 6.23. The molecule has 0 unspecified atom stereocenters. The van der Waals surface area contributed by atoms with Crippen LogP contribution in [0.15, 0.2) is 48.5 Å². The third-order valence-electron chi connectivity index (χ3n) is 3.89. The van der Waals surface area contributed by atoms with Gasteiger partial charge < -0.3 is 10.2 Å². The van der Waals surface area contributed by atoms with Crippen LogP contribution >= 0.6 is 0 Å². The van der Waals surface area contributed by atoms with E-state index in [1.807, 2.05) is 37.2 Å². The normalized spacial score (nSPS) is 10.7. The van der Waals surface area contributed by atoms with E-state index < -0.39 is 10.0 Å². The molecular formula is C19H22N4O3S. The predicted molar refractivity (Wildman–Crippen MR) is 107 cm³/mol. The molecule has 0 radical (unpaired) electrons. The fourth-order valence-corrected chi connectivity index (χ4v) is 3.39. The minimum Gasteiger partial charge on any atom is -0.378 e. The van der Waals surface area contributed by atoms with E-state index in [1.54, 1.807) is 36.4 Å². The van der Waals surface area contributed by atoms with Gasteiger partial charge in [-0.15, -0.1) is 0 Å². The van der Waals surface area contributed by atoms with Crippen LogP contribution < -0.4 is 14.5 Å². The Balaban J connectivity index is 2.03. The van der Waals surface area contributed by atoms with Crippen LogP contribution in [0, 0.1) is 11.3 Å². The lowest BCUT2D eigenvalue weighted by Gasteiger charge is -2.22. The van der Waals surface area contributed by atoms with Crippen molar-refractivity contribution in [1.82, 2.24) is 0 Å². The van der Waals surface area contributed by atoms with Crippen molar-refractivity contribution in [3.63, 3.8) is 0 Å². The number of nitrogens with one attached hydrogen (secondary N) is 1. The maximum absolute atomic E-state index is 12.2.